The number of rotatable bonds is 6. The molecule has 1 saturated heterocycles. The van der Waals surface area contributed by atoms with Crippen LogP contribution in [0.15, 0.2) is 41.6 Å². The fraction of sp³-hybridized carbons (Fsp3) is 0.353. The third kappa shape index (κ3) is 4.01. The van der Waals surface area contributed by atoms with Crippen molar-refractivity contribution in [2.45, 2.75) is 31.3 Å². The molecule has 0 saturated carbocycles. The zero-order valence-electron chi connectivity index (χ0n) is 15.0. The van der Waals surface area contributed by atoms with Gasteiger partial charge in [0.15, 0.2) is 15.2 Å². The fourth-order valence-electron chi connectivity index (χ4n) is 2.89. The maximum absolute atomic E-state index is 12.5. The number of carbonyl (C=O) groups excluding carboxylic acids is 2. The van der Waals surface area contributed by atoms with E-state index < -0.39 is 50.8 Å². The Morgan fingerprint density at radius 2 is 1.78 bits per heavy atom. The predicted molar refractivity (Wildman–Crippen MR) is 96.8 cm³/mol. The summed E-state index contributed by atoms with van der Waals surface area (Å²) in [5.41, 5.74) is 6.19. The van der Waals surface area contributed by atoms with Crippen LogP contribution in [0.4, 0.5) is 0 Å². The van der Waals surface area contributed by atoms with Crippen molar-refractivity contribution < 1.29 is 27.9 Å². The Kier molecular flexibility index (Phi) is 5.71. The lowest BCUT2D eigenvalue weighted by atomic mass is 10.0. The molecule has 1 heterocycles. The second kappa shape index (κ2) is 7.49. The van der Waals surface area contributed by atoms with E-state index in [9.17, 15) is 27.9 Å². The molecule has 0 aliphatic carbocycles. The van der Waals surface area contributed by atoms with Crippen LogP contribution in [0.3, 0.4) is 0 Å². The minimum Gasteiger partial charge on any atom is -0.477 e. The van der Waals surface area contributed by atoms with Crippen LogP contribution in [0.25, 0.3) is 0 Å². The Balaban J connectivity index is 2.30. The van der Waals surface area contributed by atoms with Gasteiger partial charge < -0.3 is 16.2 Å². The molecule has 3 atom stereocenters. The number of aliphatic carboxylic acids is 1. The summed E-state index contributed by atoms with van der Waals surface area (Å²) < 4.78 is 24.3. The molecule has 0 aromatic heterocycles. The van der Waals surface area contributed by atoms with Crippen molar-refractivity contribution in [2.75, 3.05) is 6.26 Å². The van der Waals surface area contributed by atoms with Crippen LogP contribution >= 0.6 is 0 Å². The van der Waals surface area contributed by atoms with Gasteiger partial charge in [-0.3, -0.25) is 14.5 Å². The van der Waals surface area contributed by atoms with E-state index in [1.807, 2.05) is 0 Å². The molecule has 146 valence electrons. The van der Waals surface area contributed by atoms with Crippen LogP contribution < -0.4 is 11.1 Å². The average molecular weight is 395 g/mol. The number of benzene rings is 1. The normalized spacial score (nSPS) is 20.4. The molecular weight excluding hydrogens is 374 g/mol. The fourth-order valence-corrected chi connectivity index (χ4v) is 4.16. The van der Waals surface area contributed by atoms with Gasteiger partial charge in [-0.05, 0) is 25.0 Å². The van der Waals surface area contributed by atoms with E-state index in [2.05, 4.69) is 5.32 Å². The van der Waals surface area contributed by atoms with Crippen molar-refractivity contribution in [2.24, 2.45) is 5.73 Å². The highest BCUT2D eigenvalue weighted by Gasteiger charge is 2.56. The SMILES string of the molecule is CC(C)=C(C(=O)O)N1C(=O)[C@@H](NC(=O)[C@H](N)c2ccccc2)[C@H]1S(C)(=O)=O. The van der Waals surface area contributed by atoms with E-state index in [-0.39, 0.29) is 5.57 Å². The molecule has 10 heteroatoms. The van der Waals surface area contributed by atoms with Crippen LogP contribution in [0.1, 0.15) is 25.5 Å². The molecule has 1 aromatic rings. The number of carboxylic acid groups (broad SMARTS) is 1. The number of carbonyl (C=O) groups is 3. The second-order valence-electron chi connectivity index (χ2n) is 6.46. The summed E-state index contributed by atoms with van der Waals surface area (Å²) in [5.74, 6) is -2.98. The van der Waals surface area contributed by atoms with Crippen LogP contribution in [0.2, 0.25) is 0 Å². The van der Waals surface area contributed by atoms with Gasteiger partial charge in [-0.25, -0.2) is 13.2 Å². The number of carboxylic acids is 1. The standard InChI is InChI=1S/C17H21N3O6S/c1-9(2)13(17(23)24)20-15(22)12(16(20)27(3,25)26)19-14(21)11(18)10-7-5-4-6-8-10/h4-8,11-12,16H,18H2,1-3H3,(H,19,21)(H,23,24)/t11-,12-,16-/m1/s1. The molecule has 2 amide bonds. The third-order valence-electron chi connectivity index (χ3n) is 4.14. The molecule has 27 heavy (non-hydrogen) atoms. The van der Waals surface area contributed by atoms with E-state index in [1.54, 1.807) is 30.3 Å². The van der Waals surface area contributed by atoms with Gasteiger partial charge in [-0.15, -0.1) is 0 Å². The summed E-state index contributed by atoms with van der Waals surface area (Å²) in [6.45, 7) is 2.90. The number of amides is 2. The van der Waals surface area contributed by atoms with Crippen LogP contribution in [0.5, 0.6) is 0 Å². The van der Waals surface area contributed by atoms with Crippen molar-refractivity contribution in [3.05, 3.63) is 47.2 Å². The molecule has 9 nitrogen and oxygen atoms in total. The maximum Gasteiger partial charge on any atom is 0.352 e. The van der Waals surface area contributed by atoms with Crippen molar-refractivity contribution in [1.29, 1.82) is 0 Å². The monoisotopic (exact) mass is 395 g/mol. The molecule has 0 unspecified atom stereocenters. The number of nitrogens with zero attached hydrogens (tertiary/aromatic N) is 1. The number of likely N-dealkylation sites (tertiary alicyclic amines) is 1. The van der Waals surface area contributed by atoms with Crippen LogP contribution in [-0.4, -0.2) is 53.9 Å². The number of allylic oxidation sites excluding steroid dienone is 1. The molecule has 0 bridgehead atoms. The Labute approximate surface area is 156 Å². The number of nitrogens with two attached hydrogens (primary N) is 1. The molecule has 4 N–H and O–H groups in total. The summed E-state index contributed by atoms with van der Waals surface area (Å²) in [5, 5.41) is 10.1. The third-order valence-corrected chi connectivity index (χ3v) is 5.50. The molecule has 0 radical (unpaired) electrons. The Bertz CT molecular complexity index is 906. The highest BCUT2D eigenvalue weighted by atomic mass is 32.2. The Morgan fingerprint density at radius 1 is 1.22 bits per heavy atom. The van der Waals surface area contributed by atoms with Gasteiger partial charge in [0.05, 0.1) is 0 Å². The van der Waals surface area contributed by atoms with E-state index in [4.69, 9.17) is 5.73 Å². The summed E-state index contributed by atoms with van der Waals surface area (Å²) in [6.07, 6.45) is 0.873. The zero-order valence-corrected chi connectivity index (χ0v) is 15.9. The maximum atomic E-state index is 12.5. The van der Waals surface area contributed by atoms with E-state index in [0.29, 0.717) is 10.5 Å². The minimum atomic E-state index is -3.89. The Morgan fingerprint density at radius 3 is 2.22 bits per heavy atom. The van der Waals surface area contributed by atoms with Crippen LogP contribution in [0, 0.1) is 0 Å². The van der Waals surface area contributed by atoms with Gasteiger partial charge in [0.25, 0.3) is 5.91 Å². The number of nitrogens with one attached hydrogen (secondary N) is 1. The van der Waals surface area contributed by atoms with Gasteiger partial charge in [0, 0.05) is 6.26 Å². The number of hydrogen-bond donors (Lipinski definition) is 3. The number of hydrogen-bond acceptors (Lipinski definition) is 6. The molecule has 0 spiro atoms. The first-order valence-corrected chi connectivity index (χ1v) is 9.96. The van der Waals surface area contributed by atoms with Gasteiger partial charge in [-0.1, -0.05) is 30.3 Å². The summed E-state index contributed by atoms with van der Waals surface area (Å²) in [7, 11) is -3.89. The molecule has 2 rings (SSSR count). The lowest BCUT2D eigenvalue weighted by Gasteiger charge is -2.46. The first-order valence-electron chi connectivity index (χ1n) is 8.00. The van der Waals surface area contributed by atoms with Gasteiger partial charge in [0.1, 0.15) is 17.8 Å². The average Bonchev–Trinajstić information content (AvgIpc) is 2.58. The predicted octanol–water partition coefficient (Wildman–Crippen LogP) is -0.237. The van der Waals surface area contributed by atoms with Crippen molar-refractivity contribution in [3.8, 4) is 0 Å². The van der Waals surface area contributed by atoms with Crippen LogP contribution in [-0.2, 0) is 24.2 Å². The van der Waals surface area contributed by atoms with Crippen molar-refractivity contribution in [3.63, 3.8) is 0 Å². The smallest absolute Gasteiger partial charge is 0.352 e. The van der Waals surface area contributed by atoms with E-state index in [0.717, 1.165) is 6.26 Å². The molecule has 1 aliphatic rings. The van der Waals surface area contributed by atoms with Crippen molar-refractivity contribution in [1.82, 2.24) is 10.2 Å². The highest BCUT2D eigenvalue weighted by Crippen LogP contribution is 2.31. The molecular formula is C17H21N3O6S. The Hall–Kier alpha value is -2.72. The number of β-lactam (4-membered cyclic amide) rings is 1. The summed E-state index contributed by atoms with van der Waals surface area (Å²) in [6, 6.07) is 5.86. The quantitative estimate of drug-likeness (QED) is 0.445. The van der Waals surface area contributed by atoms with E-state index >= 15 is 0 Å². The molecule has 1 fully saturated rings. The summed E-state index contributed by atoms with van der Waals surface area (Å²) in [4.78, 5) is 37.0. The van der Waals surface area contributed by atoms with Gasteiger partial charge >= 0.3 is 5.97 Å². The minimum absolute atomic E-state index is 0.260. The first kappa shape index (κ1) is 20.6. The largest absolute Gasteiger partial charge is 0.477 e. The topological polar surface area (TPSA) is 147 Å². The second-order valence-corrected chi connectivity index (χ2v) is 8.60. The molecule has 1 aliphatic heterocycles. The first-order chi connectivity index (χ1) is 12.5. The van der Waals surface area contributed by atoms with E-state index in [1.165, 1.54) is 13.8 Å². The summed E-state index contributed by atoms with van der Waals surface area (Å²) >= 11 is 0. The van der Waals surface area contributed by atoms with Gasteiger partial charge in [-0.2, -0.15) is 0 Å². The highest BCUT2D eigenvalue weighted by molar-refractivity contribution is 7.91. The number of sulfone groups is 1. The van der Waals surface area contributed by atoms with Gasteiger partial charge in [0.2, 0.25) is 5.91 Å². The lowest BCUT2D eigenvalue weighted by molar-refractivity contribution is -0.151. The van der Waals surface area contributed by atoms with Crippen molar-refractivity contribution >= 4 is 27.6 Å². The molecule has 1 aromatic carbocycles. The zero-order chi connectivity index (χ0) is 20.5. The lowest BCUT2D eigenvalue weighted by Crippen LogP contribution is -2.73.